The number of carbonyl (C=O) groups is 1. The first-order valence-corrected chi connectivity index (χ1v) is 8.35. The summed E-state index contributed by atoms with van der Waals surface area (Å²) in [5.74, 6) is 1.47. The Hall–Kier alpha value is -1.29. The van der Waals surface area contributed by atoms with Crippen LogP contribution in [0.1, 0.15) is 56.8 Å². The number of halogens is 1. The van der Waals surface area contributed by atoms with Crippen LogP contribution in [0.15, 0.2) is 35.0 Å². The van der Waals surface area contributed by atoms with Gasteiger partial charge in [0.2, 0.25) is 0 Å². The summed E-state index contributed by atoms with van der Waals surface area (Å²) in [6, 6.07) is 5.40. The van der Waals surface area contributed by atoms with Gasteiger partial charge in [-0.2, -0.15) is 0 Å². The van der Waals surface area contributed by atoms with Crippen LogP contribution in [0.4, 0.5) is 0 Å². The van der Waals surface area contributed by atoms with Crippen molar-refractivity contribution in [1.29, 1.82) is 0 Å². The van der Waals surface area contributed by atoms with Gasteiger partial charge in [-0.25, -0.2) is 0 Å². The number of aldehydes is 1. The maximum Gasteiger partial charge on any atom is 0.153 e. The van der Waals surface area contributed by atoms with E-state index in [1.54, 1.807) is 6.07 Å². The van der Waals surface area contributed by atoms with Gasteiger partial charge in [0.1, 0.15) is 11.4 Å². The van der Waals surface area contributed by atoms with Gasteiger partial charge in [0.05, 0.1) is 17.9 Å². The lowest BCUT2D eigenvalue weighted by Gasteiger charge is -2.22. The first-order chi connectivity index (χ1) is 10.3. The largest absolute Gasteiger partial charge is 0.493 e. The third-order valence-corrected chi connectivity index (χ3v) is 3.40. The second-order valence-corrected chi connectivity index (χ2v) is 7.13. The monoisotopic (exact) mass is 368 g/mol. The van der Waals surface area contributed by atoms with Gasteiger partial charge >= 0.3 is 0 Å². The Kier molecular flexibility index (Phi) is 7.66. The van der Waals surface area contributed by atoms with Crippen molar-refractivity contribution < 1.29 is 14.3 Å². The molecule has 0 atom stereocenters. The van der Waals surface area contributed by atoms with Crippen LogP contribution >= 0.6 is 15.9 Å². The SMILES string of the molecule is C=C(CCCCCOc1cc(Br)ccc1C=O)OC(C)(C)C. The Labute approximate surface area is 141 Å². The highest BCUT2D eigenvalue weighted by Gasteiger charge is 2.11. The molecule has 1 aromatic rings. The molecule has 0 bridgehead atoms. The Balaban J connectivity index is 2.22. The van der Waals surface area contributed by atoms with Crippen molar-refractivity contribution in [2.45, 2.75) is 52.1 Å². The second kappa shape index (κ2) is 8.99. The Morgan fingerprint density at radius 2 is 2.00 bits per heavy atom. The van der Waals surface area contributed by atoms with E-state index in [0.717, 1.165) is 42.2 Å². The molecule has 0 aliphatic heterocycles. The van der Waals surface area contributed by atoms with Gasteiger partial charge < -0.3 is 9.47 Å². The predicted octanol–water partition coefficient (Wildman–Crippen LogP) is 5.53. The molecule has 0 amide bonds. The molecule has 0 N–H and O–H groups in total. The van der Waals surface area contributed by atoms with E-state index < -0.39 is 0 Å². The minimum Gasteiger partial charge on any atom is -0.493 e. The van der Waals surface area contributed by atoms with Crippen LogP contribution in [0.5, 0.6) is 5.75 Å². The number of allylic oxidation sites excluding steroid dienone is 1. The number of benzene rings is 1. The molecular weight excluding hydrogens is 344 g/mol. The van der Waals surface area contributed by atoms with Crippen LogP contribution in [0.2, 0.25) is 0 Å². The van der Waals surface area contributed by atoms with Gasteiger partial charge in [-0.3, -0.25) is 4.79 Å². The van der Waals surface area contributed by atoms with Crippen LogP contribution in [0.25, 0.3) is 0 Å². The zero-order chi connectivity index (χ0) is 16.6. The van der Waals surface area contributed by atoms with Crippen molar-refractivity contribution >= 4 is 22.2 Å². The molecule has 0 spiro atoms. The summed E-state index contributed by atoms with van der Waals surface area (Å²) in [5, 5.41) is 0. The molecule has 0 saturated carbocycles. The lowest BCUT2D eigenvalue weighted by molar-refractivity contribution is 0.0472. The normalized spacial score (nSPS) is 11.1. The molecule has 0 aliphatic carbocycles. The summed E-state index contributed by atoms with van der Waals surface area (Å²) >= 11 is 3.38. The fourth-order valence-corrected chi connectivity index (χ4v) is 2.34. The highest BCUT2D eigenvalue weighted by Crippen LogP contribution is 2.23. The van der Waals surface area contributed by atoms with Gasteiger partial charge in [-0.1, -0.05) is 22.5 Å². The molecule has 1 rings (SSSR count). The first kappa shape index (κ1) is 18.8. The fraction of sp³-hybridized carbons (Fsp3) is 0.500. The topological polar surface area (TPSA) is 35.5 Å². The highest BCUT2D eigenvalue weighted by atomic mass is 79.9. The molecule has 0 aromatic heterocycles. The van der Waals surface area contributed by atoms with Crippen LogP contribution in [-0.2, 0) is 4.74 Å². The van der Waals surface area contributed by atoms with Crippen molar-refractivity contribution in [2.24, 2.45) is 0 Å². The standard InChI is InChI=1S/C18H25BrO3/c1-14(22-18(2,3)4)8-6-5-7-11-21-17-12-16(19)10-9-15(17)13-20/h9-10,12-13H,1,5-8,11H2,2-4H3. The smallest absolute Gasteiger partial charge is 0.153 e. The average molecular weight is 369 g/mol. The van der Waals surface area contributed by atoms with E-state index in [4.69, 9.17) is 9.47 Å². The number of unbranched alkanes of at least 4 members (excludes halogenated alkanes) is 2. The minimum atomic E-state index is -0.174. The number of rotatable bonds is 9. The Morgan fingerprint density at radius 3 is 2.64 bits per heavy atom. The molecule has 3 nitrogen and oxygen atoms in total. The Morgan fingerprint density at radius 1 is 1.27 bits per heavy atom. The molecule has 0 aliphatic rings. The maximum atomic E-state index is 10.9. The molecule has 0 unspecified atom stereocenters. The van der Waals surface area contributed by atoms with Gasteiger partial charge in [0, 0.05) is 10.9 Å². The number of hydrogen-bond acceptors (Lipinski definition) is 3. The molecule has 1 aromatic carbocycles. The van der Waals surface area contributed by atoms with Crippen LogP contribution in [-0.4, -0.2) is 18.5 Å². The van der Waals surface area contributed by atoms with Crippen LogP contribution in [0.3, 0.4) is 0 Å². The van der Waals surface area contributed by atoms with E-state index in [-0.39, 0.29) is 5.60 Å². The predicted molar refractivity (Wildman–Crippen MR) is 93.5 cm³/mol. The summed E-state index contributed by atoms with van der Waals surface area (Å²) in [6.45, 7) is 10.6. The molecular formula is C18H25BrO3. The van der Waals surface area contributed by atoms with E-state index in [1.807, 2.05) is 32.9 Å². The third kappa shape index (κ3) is 7.64. The lowest BCUT2D eigenvalue weighted by Crippen LogP contribution is -2.18. The molecule has 22 heavy (non-hydrogen) atoms. The third-order valence-electron chi connectivity index (χ3n) is 2.91. The summed E-state index contributed by atoms with van der Waals surface area (Å²) in [4.78, 5) is 10.9. The summed E-state index contributed by atoms with van der Waals surface area (Å²) in [6.07, 6.45) is 4.69. The number of hydrogen-bond donors (Lipinski definition) is 0. The van der Waals surface area contributed by atoms with Crippen molar-refractivity contribution in [3.8, 4) is 5.75 Å². The van der Waals surface area contributed by atoms with Gasteiger partial charge in [0.15, 0.2) is 6.29 Å². The number of ether oxygens (including phenoxy) is 2. The van der Waals surface area contributed by atoms with Gasteiger partial charge in [-0.15, -0.1) is 0 Å². The van der Waals surface area contributed by atoms with E-state index in [1.165, 1.54) is 0 Å². The van der Waals surface area contributed by atoms with Crippen molar-refractivity contribution in [1.82, 2.24) is 0 Å². The second-order valence-electron chi connectivity index (χ2n) is 6.21. The number of carbonyl (C=O) groups excluding carboxylic acids is 1. The zero-order valence-electron chi connectivity index (χ0n) is 13.7. The summed E-state index contributed by atoms with van der Waals surface area (Å²) < 4.78 is 12.3. The van der Waals surface area contributed by atoms with Crippen LogP contribution in [0, 0.1) is 0 Å². The van der Waals surface area contributed by atoms with Crippen LogP contribution < -0.4 is 4.74 Å². The van der Waals surface area contributed by atoms with Crippen molar-refractivity contribution in [2.75, 3.05) is 6.61 Å². The van der Waals surface area contributed by atoms with E-state index in [2.05, 4.69) is 22.5 Å². The molecule has 0 radical (unpaired) electrons. The molecule has 0 heterocycles. The van der Waals surface area contributed by atoms with Gasteiger partial charge in [0.25, 0.3) is 0 Å². The minimum absolute atomic E-state index is 0.174. The van der Waals surface area contributed by atoms with Crippen molar-refractivity contribution in [3.05, 3.63) is 40.6 Å². The first-order valence-electron chi connectivity index (χ1n) is 7.56. The van der Waals surface area contributed by atoms with E-state index in [0.29, 0.717) is 17.9 Å². The molecule has 4 heteroatoms. The Bertz CT molecular complexity index is 504. The highest BCUT2D eigenvalue weighted by molar-refractivity contribution is 9.10. The quantitative estimate of drug-likeness (QED) is 0.326. The summed E-state index contributed by atoms with van der Waals surface area (Å²) in [5.41, 5.74) is 0.404. The summed E-state index contributed by atoms with van der Waals surface area (Å²) in [7, 11) is 0. The van der Waals surface area contributed by atoms with Gasteiger partial charge in [-0.05, 0) is 58.2 Å². The van der Waals surface area contributed by atoms with E-state index in [9.17, 15) is 4.79 Å². The fourth-order valence-electron chi connectivity index (χ4n) is 2.00. The maximum absolute atomic E-state index is 10.9. The molecule has 0 saturated heterocycles. The lowest BCUT2D eigenvalue weighted by atomic mass is 10.1. The molecule has 0 fully saturated rings. The van der Waals surface area contributed by atoms with Crippen molar-refractivity contribution in [3.63, 3.8) is 0 Å². The molecule has 122 valence electrons. The van der Waals surface area contributed by atoms with E-state index >= 15 is 0 Å². The average Bonchev–Trinajstić information content (AvgIpc) is 2.41. The zero-order valence-corrected chi connectivity index (χ0v) is 15.2.